The van der Waals surface area contributed by atoms with Gasteiger partial charge in [0.1, 0.15) is 5.73 Å². The van der Waals surface area contributed by atoms with Gasteiger partial charge >= 0.3 is 7.12 Å². The Hall–Kier alpha value is -1.66. The highest BCUT2D eigenvalue weighted by Gasteiger charge is 2.53. The molecule has 1 aromatic heterocycles. The van der Waals surface area contributed by atoms with E-state index in [1.54, 1.807) is 24.4 Å². The van der Waals surface area contributed by atoms with E-state index in [9.17, 15) is 9.18 Å². The Morgan fingerprint density at radius 3 is 2.52 bits per heavy atom. The molecule has 1 aliphatic rings. The van der Waals surface area contributed by atoms with E-state index in [2.05, 4.69) is 6.58 Å². The Morgan fingerprint density at radius 2 is 1.96 bits per heavy atom. The zero-order valence-electron chi connectivity index (χ0n) is 14.1. The van der Waals surface area contributed by atoms with Crippen molar-refractivity contribution in [2.45, 2.75) is 51.9 Å². The molecule has 0 bridgehead atoms. The number of aromatic nitrogens is 1. The molecule has 1 saturated heterocycles. The minimum absolute atomic E-state index is 0.249. The summed E-state index contributed by atoms with van der Waals surface area (Å²) in [7, 11) is -1.10. The number of hydrogen-bond donors (Lipinski definition) is 0. The maximum absolute atomic E-state index is 14.5. The van der Waals surface area contributed by atoms with Gasteiger partial charge in [0.25, 0.3) is 5.56 Å². The molecular weight excluding hydrogens is 296 g/mol. The quantitative estimate of drug-likeness (QED) is 0.617. The van der Waals surface area contributed by atoms with Crippen molar-refractivity contribution in [2.75, 3.05) is 0 Å². The maximum atomic E-state index is 14.5. The maximum Gasteiger partial charge on any atom is 0.525 e. The molecule has 0 aliphatic carbocycles. The monoisotopic (exact) mass is 319 g/mol. The van der Waals surface area contributed by atoms with Gasteiger partial charge in [-0.2, -0.15) is 0 Å². The highest BCUT2D eigenvalue weighted by molar-refractivity contribution is 6.54. The van der Waals surface area contributed by atoms with Crippen molar-refractivity contribution < 1.29 is 13.7 Å². The third-order valence-electron chi connectivity index (χ3n) is 4.40. The van der Waals surface area contributed by atoms with Crippen LogP contribution in [0.15, 0.2) is 41.5 Å². The number of halogens is 1. The van der Waals surface area contributed by atoms with Crippen LogP contribution < -0.4 is 5.56 Å². The molecule has 4 nitrogen and oxygen atoms in total. The molecule has 0 saturated carbocycles. The van der Waals surface area contributed by atoms with Crippen LogP contribution in [-0.4, -0.2) is 22.9 Å². The Kier molecular flexibility index (Phi) is 4.97. The summed E-state index contributed by atoms with van der Waals surface area (Å²) < 4.78 is 27.3. The van der Waals surface area contributed by atoms with Crippen molar-refractivity contribution in [3.05, 3.63) is 52.6 Å². The van der Waals surface area contributed by atoms with E-state index in [4.69, 9.17) is 9.31 Å². The fourth-order valence-electron chi connectivity index (χ4n) is 2.24. The van der Waals surface area contributed by atoms with E-state index in [1.807, 2.05) is 27.7 Å². The van der Waals surface area contributed by atoms with Crippen LogP contribution in [0.25, 0.3) is 6.08 Å². The van der Waals surface area contributed by atoms with Crippen LogP contribution in [0.5, 0.6) is 0 Å². The number of rotatable bonds is 5. The summed E-state index contributed by atoms with van der Waals surface area (Å²) in [5.74, 6) is 0. The summed E-state index contributed by atoms with van der Waals surface area (Å²) in [6.07, 6.45) is 5.28. The van der Waals surface area contributed by atoms with Gasteiger partial charge in [-0.1, -0.05) is 6.08 Å². The summed E-state index contributed by atoms with van der Waals surface area (Å²) in [6, 6.07) is 3.30. The van der Waals surface area contributed by atoms with Crippen molar-refractivity contribution in [3.8, 4) is 0 Å². The average molecular weight is 319 g/mol. The standard InChI is InChI=1S/C17H23BFNO3/c1-6-7-10-20-11-8-9-13(15(20)21)12-14(19)18-22-16(2,3)17(4,5)23-18/h6,8-9,11-12H,1,7,10H2,2-5H3. The van der Waals surface area contributed by atoms with Gasteiger partial charge in [0.15, 0.2) is 0 Å². The summed E-state index contributed by atoms with van der Waals surface area (Å²) in [5, 5.41) is 0. The van der Waals surface area contributed by atoms with Crippen LogP contribution >= 0.6 is 0 Å². The van der Waals surface area contributed by atoms with Crippen molar-refractivity contribution in [1.29, 1.82) is 0 Å². The summed E-state index contributed by atoms with van der Waals surface area (Å²) in [5.41, 5.74) is -1.83. The first kappa shape index (κ1) is 17.7. The first-order valence-corrected chi connectivity index (χ1v) is 7.71. The normalized spacial score (nSPS) is 19.9. The number of hydrogen-bond acceptors (Lipinski definition) is 3. The topological polar surface area (TPSA) is 40.5 Å². The minimum atomic E-state index is -1.10. The van der Waals surface area contributed by atoms with E-state index in [0.717, 1.165) is 0 Å². The molecule has 1 aliphatic heterocycles. The van der Waals surface area contributed by atoms with Crippen LogP contribution in [0.4, 0.5) is 4.39 Å². The van der Waals surface area contributed by atoms with Crippen LogP contribution in [-0.2, 0) is 15.9 Å². The molecule has 124 valence electrons. The molecule has 0 radical (unpaired) electrons. The molecule has 2 heterocycles. The highest BCUT2D eigenvalue weighted by atomic mass is 19.1. The third kappa shape index (κ3) is 3.64. The fourth-order valence-corrected chi connectivity index (χ4v) is 2.24. The molecule has 0 spiro atoms. The van der Waals surface area contributed by atoms with Crippen LogP contribution in [0.3, 0.4) is 0 Å². The van der Waals surface area contributed by atoms with Gasteiger partial charge in [-0.15, -0.1) is 6.58 Å². The molecule has 2 rings (SSSR count). The van der Waals surface area contributed by atoms with E-state index in [-0.39, 0.29) is 11.1 Å². The zero-order valence-corrected chi connectivity index (χ0v) is 14.1. The fraction of sp³-hybridized carbons (Fsp3) is 0.471. The highest BCUT2D eigenvalue weighted by Crippen LogP contribution is 2.38. The van der Waals surface area contributed by atoms with E-state index >= 15 is 0 Å². The summed E-state index contributed by atoms with van der Waals surface area (Å²) in [4.78, 5) is 12.3. The van der Waals surface area contributed by atoms with Gasteiger partial charge in [-0.3, -0.25) is 4.79 Å². The Labute approximate surface area is 136 Å². The van der Waals surface area contributed by atoms with E-state index < -0.39 is 24.0 Å². The second-order valence-corrected chi connectivity index (χ2v) is 6.66. The third-order valence-corrected chi connectivity index (χ3v) is 4.40. The lowest BCUT2D eigenvalue weighted by Crippen LogP contribution is -2.41. The predicted octanol–water partition coefficient (Wildman–Crippen LogP) is 3.37. The molecule has 0 atom stereocenters. The van der Waals surface area contributed by atoms with Crippen molar-refractivity contribution in [1.82, 2.24) is 4.57 Å². The van der Waals surface area contributed by atoms with Gasteiger partial charge in [0, 0.05) is 18.3 Å². The molecule has 23 heavy (non-hydrogen) atoms. The second kappa shape index (κ2) is 6.45. The second-order valence-electron chi connectivity index (χ2n) is 6.66. The first-order valence-electron chi connectivity index (χ1n) is 7.71. The molecule has 0 N–H and O–H groups in total. The first-order chi connectivity index (χ1) is 10.7. The predicted molar refractivity (Wildman–Crippen MR) is 90.7 cm³/mol. The zero-order chi connectivity index (χ0) is 17.3. The average Bonchev–Trinajstić information content (AvgIpc) is 2.68. The lowest BCUT2D eigenvalue weighted by molar-refractivity contribution is 0.00578. The summed E-state index contributed by atoms with van der Waals surface area (Å²) >= 11 is 0. The van der Waals surface area contributed by atoms with Crippen molar-refractivity contribution in [2.24, 2.45) is 0 Å². The molecule has 1 aromatic rings. The smallest absolute Gasteiger partial charge is 0.398 e. The van der Waals surface area contributed by atoms with Crippen LogP contribution in [0, 0.1) is 0 Å². The van der Waals surface area contributed by atoms with E-state index in [1.165, 1.54) is 10.6 Å². The van der Waals surface area contributed by atoms with Crippen LogP contribution in [0.2, 0.25) is 0 Å². The molecule has 0 amide bonds. The van der Waals surface area contributed by atoms with E-state index in [0.29, 0.717) is 13.0 Å². The lowest BCUT2D eigenvalue weighted by atomic mass is 9.87. The number of pyridine rings is 1. The molecule has 0 aromatic carbocycles. The molecule has 1 fully saturated rings. The Balaban J connectivity index is 2.26. The van der Waals surface area contributed by atoms with Gasteiger partial charge in [0.05, 0.1) is 11.2 Å². The minimum Gasteiger partial charge on any atom is -0.398 e. The van der Waals surface area contributed by atoms with Crippen LogP contribution in [0.1, 0.15) is 39.7 Å². The Bertz CT molecular complexity index is 663. The van der Waals surface area contributed by atoms with Gasteiger partial charge < -0.3 is 13.9 Å². The van der Waals surface area contributed by atoms with Gasteiger partial charge in [-0.25, -0.2) is 4.39 Å². The van der Waals surface area contributed by atoms with Gasteiger partial charge in [0.2, 0.25) is 0 Å². The number of nitrogens with zero attached hydrogens (tertiary/aromatic N) is 1. The largest absolute Gasteiger partial charge is 0.525 e. The number of aryl methyl sites for hydroxylation is 1. The molecular formula is C17H23BFNO3. The number of allylic oxidation sites excluding steroid dienone is 1. The molecule has 6 heteroatoms. The lowest BCUT2D eigenvalue weighted by Gasteiger charge is -2.32. The van der Waals surface area contributed by atoms with Gasteiger partial charge in [-0.05, 0) is 52.3 Å². The molecule has 0 unspecified atom stereocenters. The Morgan fingerprint density at radius 1 is 1.35 bits per heavy atom. The van der Waals surface area contributed by atoms with Crippen molar-refractivity contribution in [3.63, 3.8) is 0 Å². The summed E-state index contributed by atoms with van der Waals surface area (Å²) in [6.45, 7) is 11.6. The van der Waals surface area contributed by atoms with Crippen molar-refractivity contribution >= 4 is 13.2 Å². The SMILES string of the molecule is C=CCCn1cccc(C=C(F)B2OC(C)(C)C(C)(C)O2)c1=O.